The zero-order chi connectivity index (χ0) is 17.2. The third-order valence-electron chi connectivity index (χ3n) is 4.57. The summed E-state index contributed by atoms with van der Waals surface area (Å²) in [5.41, 5.74) is 3.23. The van der Waals surface area contributed by atoms with Crippen molar-refractivity contribution in [2.24, 2.45) is 0 Å². The van der Waals surface area contributed by atoms with Crippen molar-refractivity contribution in [3.8, 4) is 11.5 Å². The maximum atomic E-state index is 12.5. The van der Waals surface area contributed by atoms with Gasteiger partial charge in [0.15, 0.2) is 11.5 Å². The summed E-state index contributed by atoms with van der Waals surface area (Å²) in [6, 6.07) is 14.5. The summed E-state index contributed by atoms with van der Waals surface area (Å²) in [6.45, 7) is 3.52. The van der Waals surface area contributed by atoms with E-state index < -0.39 is 0 Å². The molecule has 25 heavy (non-hydrogen) atoms. The van der Waals surface area contributed by atoms with Gasteiger partial charge in [0.25, 0.3) is 0 Å². The van der Waals surface area contributed by atoms with Crippen molar-refractivity contribution < 1.29 is 14.3 Å². The number of hydrogen-bond donors (Lipinski definition) is 1. The van der Waals surface area contributed by atoms with Crippen molar-refractivity contribution in [3.63, 3.8) is 0 Å². The van der Waals surface area contributed by atoms with Crippen LogP contribution in [0.25, 0.3) is 0 Å². The first-order chi connectivity index (χ1) is 12.2. The first kappa shape index (κ1) is 16.0. The molecule has 1 aliphatic heterocycles. The minimum atomic E-state index is -0.00197. The van der Waals surface area contributed by atoms with E-state index in [0.717, 1.165) is 18.0 Å². The molecule has 1 amide bonds. The molecule has 0 spiro atoms. The van der Waals surface area contributed by atoms with Crippen LogP contribution in [0.5, 0.6) is 11.5 Å². The normalized spacial score (nSPS) is 15.4. The molecule has 0 radical (unpaired) electrons. The lowest BCUT2D eigenvalue weighted by molar-refractivity contribution is -0.117. The Morgan fingerprint density at radius 3 is 2.64 bits per heavy atom. The van der Waals surface area contributed by atoms with Crippen molar-refractivity contribution >= 4 is 11.6 Å². The number of ether oxygens (including phenoxy) is 2. The van der Waals surface area contributed by atoms with Crippen LogP contribution in [0.2, 0.25) is 0 Å². The third kappa shape index (κ3) is 3.94. The molecule has 5 nitrogen and oxygen atoms in total. The number of nitrogens with zero attached hydrogens (tertiary/aromatic N) is 1. The highest BCUT2D eigenvalue weighted by atomic mass is 16.7. The molecule has 5 heteroatoms. The number of carbonyl (C=O) groups excluding carboxylic acids is 1. The highest BCUT2D eigenvalue weighted by molar-refractivity contribution is 5.92. The molecule has 4 rings (SSSR count). The lowest BCUT2D eigenvalue weighted by atomic mass is 10.1. The monoisotopic (exact) mass is 338 g/mol. The van der Waals surface area contributed by atoms with Gasteiger partial charge in [-0.25, -0.2) is 0 Å². The van der Waals surface area contributed by atoms with E-state index in [1.165, 1.54) is 24.0 Å². The van der Waals surface area contributed by atoms with Crippen LogP contribution in [0.15, 0.2) is 42.5 Å². The minimum Gasteiger partial charge on any atom is -0.454 e. The van der Waals surface area contributed by atoms with Gasteiger partial charge in [0, 0.05) is 24.3 Å². The number of rotatable bonds is 6. The second-order valence-corrected chi connectivity index (χ2v) is 6.74. The first-order valence-corrected chi connectivity index (χ1v) is 8.66. The summed E-state index contributed by atoms with van der Waals surface area (Å²) in [5.74, 6) is 1.39. The van der Waals surface area contributed by atoms with Gasteiger partial charge < -0.3 is 14.8 Å². The van der Waals surface area contributed by atoms with E-state index in [0.29, 0.717) is 18.3 Å². The molecule has 2 aliphatic rings. The van der Waals surface area contributed by atoms with Gasteiger partial charge in [0.2, 0.25) is 12.7 Å². The zero-order valence-electron chi connectivity index (χ0n) is 14.3. The van der Waals surface area contributed by atoms with Gasteiger partial charge in [-0.15, -0.1) is 0 Å². The number of carbonyl (C=O) groups is 1. The molecule has 1 aliphatic carbocycles. The van der Waals surface area contributed by atoms with Gasteiger partial charge in [0.05, 0.1) is 6.54 Å². The average molecular weight is 338 g/mol. The van der Waals surface area contributed by atoms with Crippen LogP contribution < -0.4 is 14.8 Å². The van der Waals surface area contributed by atoms with Crippen molar-refractivity contribution in [2.75, 3.05) is 18.7 Å². The molecule has 1 saturated carbocycles. The third-order valence-corrected chi connectivity index (χ3v) is 4.57. The van der Waals surface area contributed by atoms with Crippen molar-refractivity contribution in [1.82, 2.24) is 4.90 Å². The maximum Gasteiger partial charge on any atom is 0.238 e. The second-order valence-electron chi connectivity index (χ2n) is 6.74. The first-order valence-electron chi connectivity index (χ1n) is 8.66. The SMILES string of the molecule is Cc1ccc(CN(CC(=O)Nc2ccc3c(c2)OCO3)C2CC2)cc1. The Morgan fingerprint density at radius 2 is 1.88 bits per heavy atom. The zero-order valence-corrected chi connectivity index (χ0v) is 14.3. The average Bonchev–Trinajstić information content (AvgIpc) is 3.34. The van der Waals surface area contributed by atoms with Crippen LogP contribution in [0.3, 0.4) is 0 Å². The molecule has 0 unspecified atom stereocenters. The fourth-order valence-corrected chi connectivity index (χ4v) is 3.04. The Balaban J connectivity index is 1.38. The Kier molecular flexibility index (Phi) is 4.32. The fourth-order valence-electron chi connectivity index (χ4n) is 3.04. The number of hydrogen-bond acceptors (Lipinski definition) is 4. The topological polar surface area (TPSA) is 50.8 Å². The quantitative estimate of drug-likeness (QED) is 0.878. The summed E-state index contributed by atoms with van der Waals surface area (Å²) in [4.78, 5) is 14.7. The van der Waals surface area contributed by atoms with Crippen LogP contribution in [-0.2, 0) is 11.3 Å². The molecule has 2 aromatic rings. The van der Waals surface area contributed by atoms with E-state index in [9.17, 15) is 4.79 Å². The predicted molar refractivity (Wildman–Crippen MR) is 95.8 cm³/mol. The van der Waals surface area contributed by atoms with Crippen LogP contribution in [0, 0.1) is 6.92 Å². The molecule has 1 heterocycles. The summed E-state index contributed by atoms with van der Waals surface area (Å²) < 4.78 is 10.6. The molecule has 0 aromatic heterocycles. The number of aryl methyl sites for hydroxylation is 1. The smallest absolute Gasteiger partial charge is 0.238 e. The van der Waals surface area contributed by atoms with Crippen LogP contribution in [0.1, 0.15) is 24.0 Å². The largest absolute Gasteiger partial charge is 0.454 e. The van der Waals surface area contributed by atoms with Crippen molar-refractivity contribution in [2.45, 2.75) is 32.4 Å². The van der Waals surface area contributed by atoms with Crippen LogP contribution in [0.4, 0.5) is 5.69 Å². The summed E-state index contributed by atoms with van der Waals surface area (Å²) in [6.07, 6.45) is 2.34. The lowest BCUT2D eigenvalue weighted by Gasteiger charge is -2.21. The van der Waals surface area contributed by atoms with Gasteiger partial charge in [-0.05, 0) is 37.5 Å². The van der Waals surface area contributed by atoms with Gasteiger partial charge in [-0.1, -0.05) is 29.8 Å². The van der Waals surface area contributed by atoms with E-state index in [1.807, 2.05) is 18.2 Å². The molecule has 0 saturated heterocycles. The molecule has 1 fully saturated rings. The van der Waals surface area contributed by atoms with Gasteiger partial charge in [-0.3, -0.25) is 9.69 Å². The van der Waals surface area contributed by atoms with Crippen molar-refractivity contribution in [3.05, 3.63) is 53.6 Å². The number of benzene rings is 2. The highest BCUT2D eigenvalue weighted by Crippen LogP contribution is 2.34. The number of amides is 1. The minimum absolute atomic E-state index is 0.00197. The number of fused-ring (bicyclic) bond motifs is 1. The van der Waals surface area contributed by atoms with E-state index in [4.69, 9.17) is 9.47 Å². The Morgan fingerprint density at radius 1 is 1.12 bits per heavy atom. The van der Waals surface area contributed by atoms with Crippen LogP contribution >= 0.6 is 0 Å². The number of anilines is 1. The highest BCUT2D eigenvalue weighted by Gasteiger charge is 2.30. The molecular formula is C20H22N2O3. The van der Waals surface area contributed by atoms with Gasteiger partial charge >= 0.3 is 0 Å². The predicted octanol–water partition coefficient (Wildman–Crippen LogP) is 3.33. The van der Waals surface area contributed by atoms with E-state index in [1.54, 1.807) is 0 Å². The maximum absolute atomic E-state index is 12.5. The van der Waals surface area contributed by atoms with Gasteiger partial charge in [-0.2, -0.15) is 0 Å². The standard InChI is InChI=1S/C20H22N2O3/c1-14-2-4-15(5-3-14)11-22(17-7-8-17)12-20(23)21-16-6-9-18-19(10-16)25-13-24-18/h2-6,9-10,17H,7-8,11-13H2,1H3,(H,21,23). The molecule has 0 atom stereocenters. The van der Waals surface area contributed by atoms with Gasteiger partial charge in [0.1, 0.15) is 0 Å². The van der Waals surface area contributed by atoms with Crippen LogP contribution in [-0.4, -0.2) is 30.2 Å². The molecular weight excluding hydrogens is 316 g/mol. The Bertz CT molecular complexity index is 769. The van der Waals surface area contributed by atoms with Crippen molar-refractivity contribution in [1.29, 1.82) is 0 Å². The summed E-state index contributed by atoms with van der Waals surface area (Å²) in [5, 5.41) is 2.96. The fraction of sp³-hybridized carbons (Fsp3) is 0.350. The Labute approximate surface area is 147 Å². The van der Waals surface area contributed by atoms with E-state index in [-0.39, 0.29) is 12.7 Å². The lowest BCUT2D eigenvalue weighted by Crippen LogP contribution is -2.34. The molecule has 1 N–H and O–H groups in total. The molecule has 0 bridgehead atoms. The second kappa shape index (κ2) is 6.76. The Hall–Kier alpha value is -2.53. The molecule has 2 aromatic carbocycles. The van der Waals surface area contributed by atoms with E-state index >= 15 is 0 Å². The molecule has 130 valence electrons. The van der Waals surface area contributed by atoms with E-state index in [2.05, 4.69) is 41.4 Å². The summed E-state index contributed by atoms with van der Waals surface area (Å²) >= 11 is 0. The summed E-state index contributed by atoms with van der Waals surface area (Å²) in [7, 11) is 0. The number of nitrogens with one attached hydrogen (secondary N) is 1.